The average Bonchev–Trinajstić information content (AvgIpc) is 3.19. The number of nitrogens with one attached hydrogen (secondary N) is 2. The van der Waals surface area contributed by atoms with Gasteiger partial charge in [-0.25, -0.2) is 9.48 Å². The molecule has 1 amide bonds. The molecule has 4 rings (SSSR count). The molecule has 7 heteroatoms. The molecule has 2 atom stereocenters. The smallest absolute Gasteiger partial charge is 0.334 e. The number of rotatable bonds is 7. The van der Waals surface area contributed by atoms with Crippen LogP contribution in [0, 0.1) is 6.92 Å². The summed E-state index contributed by atoms with van der Waals surface area (Å²) in [5.41, 5.74) is 1.83. The first-order chi connectivity index (χ1) is 16.6. The number of anilines is 1. The number of aliphatic carboxylic acids is 1. The standard InChI is InChI=1S/C28H34N4O3/c1-6-19-13-15-21(16-14-19)28(7-2,26(34)35)30-25(33)23-18(3)31-32-24(23)29-22(17-27(32,4)5)20-11-9-8-10-12-20/h8-16,22,29H,6-7,17H2,1-5H3,(H,30,33)(H,34,35)/t22-,28?/m1/s1. The second-order valence-corrected chi connectivity index (χ2v) is 9.91. The van der Waals surface area contributed by atoms with Crippen LogP contribution in [0.3, 0.4) is 0 Å². The van der Waals surface area contributed by atoms with E-state index in [4.69, 9.17) is 5.10 Å². The number of carbonyl (C=O) groups is 2. The summed E-state index contributed by atoms with van der Waals surface area (Å²) in [6.45, 7) is 9.81. The fourth-order valence-corrected chi connectivity index (χ4v) is 5.03. The number of amides is 1. The van der Waals surface area contributed by atoms with Gasteiger partial charge >= 0.3 is 5.97 Å². The Bertz CT molecular complexity index is 1230. The number of carboxylic acid groups (broad SMARTS) is 1. The van der Waals surface area contributed by atoms with Gasteiger partial charge < -0.3 is 15.7 Å². The Morgan fingerprint density at radius 3 is 2.37 bits per heavy atom. The molecule has 1 aliphatic heterocycles. The van der Waals surface area contributed by atoms with Gasteiger partial charge in [0, 0.05) is 0 Å². The van der Waals surface area contributed by atoms with E-state index in [-0.39, 0.29) is 18.0 Å². The summed E-state index contributed by atoms with van der Waals surface area (Å²) in [5.74, 6) is -0.932. The molecule has 1 unspecified atom stereocenters. The van der Waals surface area contributed by atoms with Crippen LogP contribution >= 0.6 is 0 Å². The van der Waals surface area contributed by atoms with Gasteiger partial charge in [0.25, 0.3) is 5.91 Å². The largest absolute Gasteiger partial charge is 0.479 e. The van der Waals surface area contributed by atoms with E-state index in [0.29, 0.717) is 22.6 Å². The van der Waals surface area contributed by atoms with Gasteiger partial charge in [0.05, 0.1) is 17.3 Å². The Morgan fingerprint density at radius 2 is 1.80 bits per heavy atom. The van der Waals surface area contributed by atoms with E-state index in [1.54, 1.807) is 26.0 Å². The molecule has 0 fully saturated rings. The maximum Gasteiger partial charge on any atom is 0.334 e. The molecule has 0 radical (unpaired) electrons. The molecule has 2 aromatic carbocycles. The van der Waals surface area contributed by atoms with Gasteiger partial charge in [-0.3, -0.25) is 4.79 Å². The topological polar surface area (TPSA) is 96.3 Å². The fraction of sp³-hybridized carbons (Fsp3) is 0.393. The molecule has 2 heterocycles. The van der Waals surface area contributed by atoms with Crippen molar-refractivity contribution in [3.8, 4) is 0 Å². The third-order valence-electron chi connectivity index (χ3n) is 7.15. The highest BCUT2D eigenvalue weighted by Gasteiger charge is 2.43. The van der Waals surface area contributed by atoms with Gasteiger partial charge in [-0.05, 0) is 56.7 Å². The first kappa shape index (κ1) is 24.5. The molecular formula is C28H34N4O3. The number of nitrogens with zero attached hydrogens (tertiary/aromatic N) is 2. The van der Waals surface area contributed by atoms with Crippen molar-refractivity contribution in [1.29, 1.82) is 0 Å². The van der Waals surface area contributed by atoms with E-state index in [1.807, 2.05) is 41.9 Å². The average molecular weight is 475 g/mol. The number of carbonyl (C=O) groups excluding carboxylic acids is 1. The van der Waals surface area contributed by atoms with Crippen LogP contribution in [0.4, 0.5) is 5.82 Å². The number of carboxylic acids is 1. The predicted octanol–water partition coefficient (Wildman–Crippen LogP) is 5.17. The summed E-state index contributed by atoms with van der Waals surface area (Å²) in [5, 5.41) is 21.4. The molecule has 0 spiro atoms. The molecule has 3 N–H and O–H groups in total. The van der Waals surface area contributed by atoms with Crippen molar-refractivity contribution in [2.75, 3.05) is 5.32 Å². The van der Waals surface area contributed by atoms with Crippen LogP contribution in [0.5, 0.6) is 0 Å². The van der Waals surface area contributed by atoms with Crippen molar-refractivity contribution < 1.29 is 14.7 Å². The van der Waals surface area contributed by atoms with Gasteiger partial charge in [-0.15, -0.1) is 0 Å². The van der Waals surface area contributed by atoms with Crippen LogP contribution in [0.25, 0.3) is 0 Å². The van der Waals surface area contributed by atoms with Crippen LogP contribution in [0.15, 0.2) is 54.6 Å². The lowest BCUT2D eigenvalue weighted by Gasteiger charge is -2.38. The number of benzene rings is 2. The minimum atomic E-state index is -1.55. The Morgan fingerprint density at radius 1 is 1.14 bits per heavy atom. The van der Waals surface area contributed by atoms with Gasteiger partial charge in [0.1, 0.15) is 11.4 Å². The molecular weight excluding hydrogens is 440 g/mol. The molecule has 7 nitrogen and oxygen atoms in total. The monoisotopic (exact) mass is 474 g/mol. The van der Waals surface area contributed by atoms with Crippen molar-refractivity contribution in [2.24, 2.45) is 0 Å². The van der Waals surface area contributed by atoms with E-state index in [1.165, 1.54) is 0 Å². The molecule has 0 bridgehead atoms. The lowest BCUT2D eigenvalue weighted by molar-refractivity contribution is -0.145. The molecule has 184 valence electrons. The summed E-state index contributed by atoms with van der Waals surface area (Å²) in [6.07, 6.45) is 1.85. The lowest BCUT2D eigenvalue weighted by atomic mass is 9.86. The fourth-order valence-electron chi connectivity index (χ4n) is 5.03. The second-order valence-electron chi connectivity index (χ2n) is 9.91. The predicted molar refractivity (Wildman–Crippen MR) is 137 cm³/mol. The van der Waals surface area contributed by atoms with Crippen LogP contribution < -0.4 is 10.6 Å². The maximum atomic E-state index is 13.8. The Hall–Kier alpha value is -3.61. The van der Waals surface area contributed by atoms with Crippen LogP contribution in [-0.2, 0) is 22.3 Å². The summed E-state index contributed by atoms with van der Waals surface area (Å²) in [4.78, 5) is 26.3. The van der Waals surface area contributed by atoms with E-state index in [2.05, 4.69) is 36.6 Å². The third-order valence-corrected chi connectivity index (χ3v) is 7.15. The zero-order chi connectivity index (χ0) is 25.4. The van der Waals surface area contributed by atoms with Crippen LogP contribution in [0.1, 0.15) is 79.3 Å². The van der Waals surface area contributed by atoms with E-state index >= 15 is 0 Å². The van der Waals surface area contributed by atoms with Gasteiger partial charge in [-0.2, -0.15) is 5.10 Å². The quantitative estimate of drug-likeness (QED) is 0.439. The number of hydrogen-bond acceptors (Lipinski definition) is 4. The molecule has 1 aromatic heterocycles. The first-order valence-electron chi connectivity index (χ1n) is 12.2. The number of aromatic nitrogens is 2. The SMILES string of the molecule is CCc1ccc(C(CC)(NC(=O)c2c(C)nn3c2N[C@@H](c2ccccc2)CC3(C)C)C(=O)O)cc1. The lowest BCUT2D eigenvalue weighted by Crippen LogP contribution is -2.51. The first-order valence-corrected chi connectivity index (χ1v) is 12.2. The highest BCUT2D eigenvalue weighted by atomic mass is 16.4. The third kappa shape index (κ3) is 4.31. The molecule has 0 aliphatic carbocycles. The second kappa shape index (κ2) is 9.21. The van der Waals surface area contributed by atoms with E-state index in [9.17, 15) is 14.7 Å². The minimum absolute atomic E-state index is 0.00153. The van der Waals surface area contributed by atoms with Crippen molar-refractivity contribution in [1.82, 2.24) is 15.1 Å². The summed E-state index contributed by atoms with van der Waals surface area (Å²) in [6, 6.07) is 17.5. The van der Waals surface area contributed by atoms with Crippen molar-refractivity contribution in [3.05, 3.63) is 82.5 Å². The van der Waals surface area contributed by atoms with E-state index in [0.717, 1.165) is 24.0 Å². The zero-order valence-corrected chi connectivity index (χ0v) is 21.1. The summed E-state index contributed by atoms with van der Waals surface area (Å²) in [7, 11) is 0. The minimum Gasteiger partial charge on any atom is -0.479 e. The maximum absolute atomic E-state index is 13.8. The number of fused-ring (bicyclic) bond motifs is 1. The normalized spacial score (nSPS) is 18.1. The van der Waals surface area contributed by atoms with Gasteiger partial charge in [0.2, 0.25) is 0 Å². The molecule has 35 heavy (non-hydrogen) atoms. The summed E-state index contributed by atoms with van der Waals surface area (Å²) >= 11 is 0. The number of hydrogen-bond donors (Lipinski definition) is 3. The molecule has 0 saturated carbocycles. The van der Waals surface area contributed by atoms with Crippen molar-refractivity contribution >= 4 is 17.7 Å². The molecule has 0 saturated heterocycles. The van der Waals surface area contributed by atoms with Crippen LogP contribution in [-0.4, -0.2) is 26.8 Å². The highest BCUT2D eigenvalue weighted by molar-refractivity contribution is 6.03. The van der Waals surface area contributed by atoms with Crippen LogP contribution in [0.2, 0.25) is 0 Å². The van der Waals surface area contributed by atoms with E-state index < -0.39 is 17.4 Å². The number of aryl methyl sites for hydroxylation is 2. The van der Waals surface area contributed by atoms with Gasteiger partial charge in [-0.1, -0.05) is 68.4 Å². The van der Waals surface area contributed by atoms with Crippen molar-refractivity contribution in [3.63, 3.8) is 0 Å². The molecule has 1 aliphatic rings. The Balaban J connectivity index is 1.74. The Labute approximate surface area is 206 Å². The Kier molecular flexibility index (Phi) is 6.45. The highest BCUT2D eigenvalue weighted by Crippen LogP contribution is 2.41. The van der Waals surface area contributed by atoms with Gasteiger partial charge in [0.15, 0.2) is 5.54 Å². The van der Waals surface area contributed by atoms with Crippen molar-refractivity contribution in [2.45, 2.75) is 71.0 Å². The molecule has 3 aromatic rings. The zero-order valence-electron chi connectivity index (χ0n) is 21.1. The summed E-state index contributed by atoms with van der Waals surface area (Å²) < 4.78 is 1.86.